The zero-order valence-electron chi connectivity index (χ0n) is 13.9. The summed E-state index contributed by atoms with van der Waals surface area (Å²) in [7, 11) is 0. The summed E-state index contributed by atoms with van der Waals surface area (Å²) in [5.74, 6) is -0.258. The number of oxazole rings is 1. The van der Waals surface area contributed by atoms with E-state index in [-0.39, 0.29) is 5.82 Å². The van der Waals surface area contributed by atoms with E-state index in [9.17, 15) is 4.39 Å². The lowest BCUT2D eigenvalue weighted by atomic mass is 10.1. The second kappa shape index (κ2) is 5.81. The van der Waals surface area contributed by atoms with E-state index in [0.717, 1.165) is 39.0 Å². The molecule has 0 spiro atoms. The first-order valence-corrected chi connectivity index (χ1v) is 8.78. The van der Waals surface area contributed by atoms with Gasteiger partial charge in [0.15, 0.2) is 0 Å². The standard InChI is InChI=1S/C19H19FN4O/c20-16-4-2-1-3-15(16)13-11-17-18(21-12-13)25-19(22-17)24-10-9-23-7-5-14(24)6-8-23/h1-4,11-12,14H,5-10H2. The van der Waals surface area contributed by atoms with Crippen molar-refractivity contribution in [1.29, 1.82) is 0 Å². The molecule has 0 saturated carbocycles. The van der Waals surface area contributed by atoms with Gasteiger partial charge in [-0.3, -0.25) is 0 Å². The number of hydrogen-bond acceptors (Lipinski definition) is 5. The monoisotopic (exact) mass is 338 g/mol. The first-order chi connectivity index (χ1) is 12.3. The number of aromatic nitrogens is 2. The Hall–Kier alpha value is -2.47. The molecule has 128 valence electrons. The zero-order valence-corrected chi connectivity index (χ0v) is 13.9. The van der Waals surface area contributed by atoms with Crippen LogP contribution in [0.2, 0.25) is 0 Å². The molecule has 6 rings (SSSR count). The Morgan fingerprint density at radius 3 is 2.76 bits per heavy atom. The molecule has 25 heavy (non-hydrogen) atoms. The predicted molar refractivity (Wildman–Crippen MR) is 94.0 cm³/mol. The Balaban J connectivity index is 1.53. The molecule has 3 aliphatic heterocycles. The summed E-state index contributed by atoms with van der Waals surface area (Å²) in [6.07, 6.45) is 3.94. The molecule has 3 aromatic rings. The first-order valence-electron chi connectivity index (χ1n) is 8.78. The van der Waals surface area contributed by atoms with Gasteiger partial charge in [-0.25, -0.2) is 9.37 Å². The average molecular weight is 338 g/mol. The van der Waals surface area contributed by atoms with Gasteiger partial charge < -0.3 is 14.2 Å². The van der Waals surface area contributed by atoms with Gasteiger partial charge in [0.1, 0.15) is 11.3 Å². The second-order valence-electron chi connectivity index (χ2n) is 6.79. The summed E-state index contributed by atoms with van der Waals surface area (Å²) in [5.41, 5.74) is 2.43. The van der Waals surface area contributed by atoms with Gasteiger partial charge in [-0.05, 0) is 25.0 Å². The highest BCUT2D eigenvalue weighted by Gasteiger charge is 2.31. The van der Waals surface area contributed by atoms with Gasteiger partial charge in [0.2, 0.25) is 5.71 Å². The van der Waals surface area contributed by atoms with Crippen LogP contribution in [-0.2, 0) is 0 Å². The van der Waals surface area contributed by atoms with Crippen LogP contribution in [0.3, 0.4) is 0 Å². The Labute approximate surface area is 145 Å². The average Bonchev–Trinajstić information content (AvgIpc) is 2.82. The van der Waals surface area contributed by atoms with E-state index >= 15 is 0 Å². The van der Waals surface area contributed by atoms with Crippen LogP contribution >= 0.6 is 0 Å². The molecule has 3 saturated heterocycles. The van der Waals surface area contributed by atoms with Crippen LogP contribution in [0, 0.1) is 5.82 Å². The van der Waals surface area contributed by atoms with Crippen molar-refractivity contribution in [3.8, 4) is 11.1 Å². The highest BCUT2D eigenvalue weighted by molar-refractivity contribution is 5.78. The van der Waals surface area contributed by atoms with Crippen LogP contribution in [0.15, 0.2) is 40.9 Å². The van der Waals surface area contributed by atoms with Crippen LogP contribution < -0.4 is 4.90 Å². The van der Waals surface area contributed by atoms with Gasteiger partial charge in [-0.1, -0.05) is 18.2 Å². The number of fused-ring (bicyclic) bond motifs is 5. The Bertz CT molecular complexity index is 917. The molecule has 5 nitrogen and oxygen atoms in total. The maximum absolute atomic E-state index is 14.0. The molecule has 0 unspecified atom stereocenters. The summed E-state index contributed by atoms with van der Waals surface area (Å²) in [6.45, 7) is 4.27. The highest BCUT2D eigenvalue weighted by Crippen LogP contribution is 2.30. The van der Waals surface area contributed by atoms with Crippen molar-refractivity contribution < 1.29 is 8.81 Å². The zero-order chi connectivity index (χ0) is 16.8. The van der Waals surface area contributed by atoms with Gasteiger partial charge in [-0.15, -0.1) is 0 Å². The molecule has 3 fully saturated rings. The van der Waals surface area contributed by atoms with E-state index in [4.69, 9.17) is 4.42 Å². The van der Waals surface area contributed by atoms with Crippen molar-refractivity contribution >= 4 is 17.2 Å². The van der Waals surface area contributed by atoms with Crippen LogP contribution in [0.1, 0.15) is 12.8 Å². The molecule has 3 aliphatic rings. The fourth-order valence-electron chi connectivity index (χ4n) is 3.92. The largest absolute Gasteiger partial charge is 0.404 e. The number of hydrogen-bond donors (Lipinski definition) is 0. The van der Waals surface area contributed by atoms with Crippen LogP contribution in [0.5, 0.6) is 0 Å². The Morgan fingerprint density at radius 2 is 1.92 bits per heavy atom. The fraction of sp³-hybridized carbons (Fsp3) is 0.368. The molecule has 0 amide bonds. The molecule has 1 aromatic carbocycles. The second-order valence-corrected chi connectivity index (χ2v) is 6.79. The van der Waals surface area contributed by atoms with Gasteiger partial charge in [-0.2, -0.15) is 4.98 Å². The molecule has 0 N–H and O–H groups in total. The number of piperidine rings is 1. The third-order valence-corrected chi connectivity index (χ3v) is 5.32. The van der Waals surface area contributed by atoms with Crippen molar-refractivity contribution in [1.82, 2.24) is 14.9 Å². The van der Waals surface area contributed by atoms with Gasteiger partial charge >= 0.3 is 0 Å². The minimum atomic E-state index is -0.258. The molecule has 2 bridgehead atoms. The molecule has 2 aromatic heterocycles. The van der Waals surface area contributed by atoms with E-state index in [1.54, 1.807) is 18.3 Å². The SMILES string of the molecule is Fc1ccccc1-c1cnc2oc(N3CCN4CCC3CC4)nc2c1. The lowest BCUT2D eigenvalue weighted by Crippen LogP contribution is -2.38. The quantitative estimate of drug-likeness (QED) is 0.717. The van der Waals surface area contributed by atoms with Crippen molar-refractivity contribution in [2.75, 3.05) is 31.1 Å². The van der Waals surface area contributed by atoms with Crippen LogP contribution in [0.4, 0.5) is 10.4 Å². The van der Waals surface area contributed by atoms with Crippen molar-refractivity contribution in [3.63, 3.8) is 0 Å². The summed E-state index contributed by atoms with van der Waals surface area (Å²) < 4.78 is 20.0. The van der Waals surface area contributed by atoms with E-state index in [1.165, 1.54) is 6.07 Å². The minimum Gasteiger partial charge on any atom is -0.404 e. The third-order valence-electron chi connectivity index (χ3n) is 5.32. The van der Waals surface area contributed by atoms with E-state index in [1.807, 2.05) is 12.1 Å². The van der Waals surface area contributed by atoms with Gasteiger partial charge in [0.25, 0.3) is 6.01 Å². The smallest absolute Gasteiger partial charge is 0.300 e. The topological polar surface area (TPSA) is 45.4 Å². The summed E-state index contributed by atoms with van der Waals surface area (Å²) in [4.78, 5) is 13.8. The van der Waals surface area contributed by atoms with E-state index in [0.29, 0.717) is 34.4 Å². The van der Waals surface area contributed by atoms with Crippen molar-refractivity contribution in [2.45, 2.75) is 18.9 Å². The normalized spacial score (nSPS) is 23.2. The highest BCUT2D eigenvalue weighted by atomic mass is 19.1. The van der Waals surface area contributed by atoms with Gasteiger partial charge in [0.05, 0.1) is 0 Å². The van der Waals surface area contributed by atoms with Crippen molar-refractivity contribution in [2.24, 2.45) is 0 Å². The molecule has 0 radical (unpaired) electrons. The number of nitrogens with zero attached hydrogens (tertiary/aromatic N) is 4. The maximum Gasteiger partial charge on any atom is 0.300 e. The Morgan fingerprint density at radius 1 is 1.08 bits per heavy atom. The number of benzene rings is 1. The molecule has 5 heterocycles. The first kappa shape index (κ1) is 14.8. The van der Waals surface area contributed by atoms with Crippen LogP contribution in [0.25, 0.3) is 22.4 Å². The molecule has 6 heteroatoms. The maximum atomic E-state index is 14.0. The van der Waals surface area contributed by atoms with Crippen molar-refractivity contribution in [3.05, 3.63) is 42.3 Å². The molecule has 0 atom stereocenters. The lowest BCUT2D eigenvalue weighted by molar-refractivity contribution is 0.249. The predicted octanol–water partition coefficient (Wildman–Crippen LogP) is 3.31. The lowest BCUT2D eigenvalue weighted by Gasteiger charge is -2.30. The number of anilines is 1. The van der Waals surface area contributed by atoms with Crippen LogP contribution in [-0.4, -0.2) is 47.1 Å². The summed E-state index contributed by atoms with van der Waals surface area (Å²) in [6, 6.07) is 9.69. The summed E-state index contributed by atoms with van der Waals surface area (Å²) >= 11 is 0. The molecular weight excluding hydrogens is 319 g/mol. The Kier molecular flexibility index (Phi) is 3.45. The molecule has 0 aliphatic carbocycles. The number of halogens is 1. The fourth-order valence-corrected chi connectivity index (χ4v) is 3.92. The van der Waals surface area contributed by atoms with Gasteiger partial charge in [0, 0.05) is 49.5 Å². The number of rotatable bonds is 2. The number of pyridine rings is 1. The van der Waals surface area contributed by atoms with E-state index < -0.39 is 0 Å². The van der Waals surface area contributed by atoms with E-state index in [2.05, 4.69) is 19.8 Å². The minimum absolute atomic E-state index is 0.258. The molecular formula is C19H19FN4O. The third kappa shape index (κ3) is 2.57. The summed E-state index contributed by atoms with van der Waals surface area (Å²) in [5, 5.41) is 0.